The zero-order valence-corrected chi connectivity index (χ0v) is 34.9. The van der Waals surface area contributed by atoms with Crippen LogP contribution in [0.1, 0.15) is 41.0 Å². The van der Waals surface area contributed by atoms with Gasteiger partial charge in [-0.1, -0.05) is 152 Å². The van der Waals surface area contributed by atoms with E-state index in [4.69, 9.17) is 52.1 Å². The molecule has 0 aliphatic carbocycles. The number of ether oxygens (including phenoxy) is 11. The Labute approximate surface area is 362 Å². The van der Waals surface area contributed by atoms with E-state index in [-0.39, 0.29) is 33.0 Å². The van der Waals surface area contributed by atoms with Crippen LogP contribution in [0.5, 0.6) is 0 Å². The minimum atomic E-state index is -1.23. The molecule has 0 bridgehead atoms. The smallest absolute Gasteiger partial charge is 0.303 e. The molecule has 3 heterocycles. The van der Waals surface area contributed by atoms with E-state index >= 15 is 0 Å². The number of hydrogen-bond acceptors (Lipinski definition) is 12. The zero-order valence-electron chi connectivity index (χ0n) is 34.9. The first-order valence-electron chi connectivity index (χ1n) is 21.1. The molecular formula is C50H54O12. The molecule has 326 valence electrons. The predicted octanol–water partition coefficient (Wildman–Crippen LogP) is 7.49. The SMILES string of the molecule is CO[C@H]1O[C@@H]2CO[C@@H](c3ccccc3)O[C@H]2[C@H](O[C@H]2O[C@H](COCc3ccccc3)[C@@H](OCc3ccccc3)[C@H](OCc3ccccc3)[C@@H]2OC(C)=O)[C@@H]1OCc1ccccc1. The molecule has 0 unspecified atom stereocenters. The van der Waals surface area contributed by atoms with Crippen LogP contribution >= 0.6 is 0 Å². The van der Waals surface area contributed by atoms with E-state index in [1.165, 1.54) is 6.92 Å². The second-order valence-corrected chi connectivity index (χ2v) is 15.5. The van der Waals surface area contributed by atoms with E-state index in [1.54, 1.807) is 7.11 Å². The van der Waals surface area contributed by atoms with Gasteiger partial charge in [-0.3, -0.25) is 4.79 Å². The van der Waals surface area contributed by atoms with Crippen LogP contribution in [0.25, 0.3) is 0 Å². The van der Waals surface area contributed by atoms with Crippen molar-refractivity contribution in [1.82, 2.24) is 0 Å². The molecule has 0 spiro atoms. The van der Waals surface area contributed by atoms with Gasteiger partial charge in [0, 0.05) is 19.6 Å². The Balaban J connectivity index is 1.16. The zero-order chi connectivity index (χ0) is 42.5. The number of methoxy groups -OCH3 is 1. The van der Waals surface area contributed by atoms with E-state index in [0.29, 0.717) is 6.61 Å². The van der Waals surface area contributed by atoms with Crippen molar-refractivity contribution in [2.75, 3.05) is 20.3 Å². The normalized spacial score (nSPS) is 28.5. The van der Waals surface area contributed by atoms with Gasteiger partial charge in [-0.05, 0) is 22.3 Å². The highest BCUT2D eigenvalue weighted by Gasteiger charge is 2.56. The van der Waals surface area contributed by atoms with Crippen LogP contribution in [-0.2, 0) is 83.3 Å². The number of esters is 1. The van der Waals surface area contributed by atoms with Gasteiger partial charge in [-0.25, -0.2) is 0 Å². The summed E-state index contributed by atoms with van der Waals surface area (Å²) in [5, 5.41) is 0. The molecule has 3 aliphatic heterocycles. The lowest BCUT2D eigenvalue weighted by molar-refractivity contribution is -0.397. The van der Waals surface area contributed by atoms with Gasteiger partial charge in [0.15, 0.2) is 25.0 Å². The second kappa shape index (κ2) is 22.0. The molecule has 0 radical (unpaired) electrons. The standard InChI is InChI=1S/C50H54O12/c1-34(51)58-47-44(55-30-37-22-12-5-13-23-37)42(54-29-36-20-10-4-11-21-36)40(32-53-28-35-18-8-3-9-19-35)60-50(47)62-45-43-41(33-57-48(61-43)39-26-16-7-17-27-39)59-49(52-2)46(45)56-31-38-24-14-6-15-25-38/h3-27,40-50H,28-33H2,1-2H3/t40-,41-,42-,43-,44+,45+,46+,47+,48-,49+,50-/m1/s1. The molecule has 5 aromatic rings. The first-order chi connectivity index (χ1) is 30.5. The average Bonchev–Trinajstić information content (AvgIpc) is 3.32. The molecule has 0 amide bonds. The van der Waals surface area contributed by atoms with Gasteiger partial charge in [0.1, 0.15) is 42.7 Å². The van der Waals surface area contributed by atoms with E-state index in [9.17, 15) is 4.79 Å². The quantitative estimate of drug-likeness (QED) is 0.0814. The predicted molar refractivity (Wildman–Crippen MR) is 226 cm³/mol. The topological polar surface area (TPSA) is 119 Å². The molecule has 62 heavy (non-hydrogen) atoms. The number of rotatable bonds is 18. The van der Waals surface area contributed by atoms with Crippen LogP contribution in [0, 0.1) is 0 Å². The summed E-state index contributed by atoms with van der Waals surface area (Å²) in [5.41, 5.74) is 4.63. The maximum atomic E-state index is 13.2. The van der Waals surface area contributed by atoms with Gasteiger partial charge in [-0.2, -0.15) is 0 Å². The van der Waals surface area contributed by atoms with Crippen LogP contribution in [0.3, 0.4) is 0 Å². The highest BCUT2D eigenvalue weighted by Crippen LogP contribution is 2.40. The summed E-state index contributed by atoms with van der Waals surface area (Å²) < 4.78 is 72.3. The van der Waals surface area contributed by atoms with Crippen molar-refractivity contribution in [1.29, 1.82) is 0 Å². The van der Waals surface area contributed by atoms with Crippen molar-refractivity contribution in [2.45, 2.75) is 101 Å². The largest absolute Gasteiger partial charge is 0.454 e. The Morgan fingerprint density at radius 3 is 1.58 bits per heavy atom. The Morgan fingerprint density at radius 2 is 1.05 bits per heavy atom. The Bertz CT molecular complexity index is 2060. The lowest BCUT2D eigenvalue weighted by Gasteiger charge is -2.51. The lowest BCUT2D eigenvalue weighted by atomic mass is 9.95. The van der Waals surface area contributed by atoms with Crippen LogP contribution < -0.4 is 0 Å². The molecule has 0 saturated carbocycles. The lowest BCUT2D eigenvalue weighted by Crippen LogP contribution is -2.67. The summed E-state index contributed by atoms with van der Waals surface area (Å²) in [6, 6.07) is 49.0. The summed E-state index contributed by atoms with van der Waals surface area (Å²) in [4.78, 5) is 13.2. The number of hydrogen-bond donors (Lipinski definition) is 0. The first kappa shape index (κ1) is 43.8. The monoisotopic (exact) mass is 846 g/mol. The Kier molecular flexibility index (Phi) is 15.5. The van der Waals surface area contributed by atoms with Crippen molar-refractivity contribution < 1.29 is 56.9 Å². The molecule has 12 nitrogen and oxygen atoms in total. The Hall–Kier alpha value is -4.83. The summed E-state index contributed by atoms with van der Waals surface area (Å²) >= 11 is 0. The van der Waals surface area contributed by atoms with Gasteiger partial charge >= 0.3 is 5.97 Å². The van der Waals surface area contributed by atoms with Crippen molar-refractivity contribution in [2.24, 2.45) is 0 Å². The van der Waals surface area contributed by atoms with Crippen molar-refractivity contribution in [3.8, 4) is 0 Å². The van der Waals surface area contributed by atoms with Crippen molar-refractivity contribution >= 4 is 5.97 Å². The fourth-order valence-corrected chi connectivity index (χ4v) is 8.00. The molecule has 0 aromatic heterocycles. The third kappa shape index (κ3) is 11.4. The van der Waals surface area contributed by atoms with Crippen molar-refractivity contribution in [3.63, 3.8) is 0 Å². The minimum Gasteiger partial charge on any atom is -0.454 e. The maximum absolute atomic E-state index is 13.2. The molecule has 11 atom stereocenters. The van der Waals surface area contributed by atoms with Crippen LogP contribution in [-0.4, -0.2) is 87.7 Å². The first-order valence-corrected chi connectivity index (χ1v) is 21.1. The number of carbonyl (C=O) groups excluding carboxylic acids is 1. The molecule has 3 saturated heterocycles. The van der Waals surface area contributed by atoms with Gasteiger partial charge in [0.05, 0.1) is 39.6 Å². The third-order valence-corrected chi connectivity index (χ3v) is 11.0. The molecule has 3 fully saturated rings. The molecule has 12 heteroatoms. The molecule has 5 aromatic carbocycles. The number of carbonyl (C=O) groups is 1. The molecular weight excluding hydrogens is 793 g/mol. The highest BCUT2D eigenvalue weighted by atomic mass is 16.8. The third-order valence-electron chi connectivity index (χ3n) is 11.0. The summed E-state index contributed by atoms with van der Waals surface area (Å²) in [6.07, 6.45) is -9.50. The average molecular weight is 847 g/mol. The molecule has 0 N–H and O–H groups in total. The van der Waals surface area contributed by atoms with Gasteiger partial charge in [0.2, 0.25) is 0 Å². The van der Waals surface area contributed by atoms with Crippen LogP contribution in [0.2, 0.25) is 0 Å². The van der Waals surface area contributed by atoms with Crippen LogP contribution in [0.4, 0.5) is 0 Å². The molecule has 3 aliphatic rings. The molecule has 8 rings (SSSR count). The fraction of sp³-hybridized carbons (Fsp3) is 0.380. The van der Waals surface area contributed by atoms with E-state index in [0.717, 1.165) is 27.8 Å². The second-order valence-electron chi connectivity index (χ2n) is 15.5. The Morgan fingerprint density at radius 1 is 0.548 bits per heavy atom. The summed E-state index contributed by atoms with van der Waals surface area (Å²) in [6.45, 7) is 2.60. The van der Waals surface area contributed by atoms with E-state index < -0.39 is 73.7 Å². The summed E-state index contributed by atoms with van der Waals surface area (Å²) in [7, 11) is 1.55. The van der Waals surface area contributed by atoms with Gasteiger partial charge < -0.3 is 52.1 Å². The summed E-state index contributed by atoms with van der Waals surface area (Å²) in [5.74, 6) is -0.552. The highest BCUT2D eigenvalue weighted by molar-refractivity contribution is 5.66. The maximum Gasteiger partial charge on any atom is 0.303 e. The van der Waals surface area contributed by atoms with Gasteiger partial charge in [-0.15, -0.1) is 0 Å². The minimum absolute atomic E-state index is 0.0983. The van der Waals surface area contributed by atoms with E-state index in [2.05, 4.69) is 0 Å². The fourth-order valence-electron chi connectivity index (χ4n) is 8.00. The number of benzene rings is 5. The van der Waals surface area contributed by atoms with E-state index in [1.807, 2.05) is 152 Å². The van der Waals surface area contributed by atoms with Crippen LogP contribution in [0.15, 0.2) is 152 Å². The number of fused-ring (bicyclic) bond motifs is 1. The van der Waals surface area contributed by atoms with Crippen molar-refractivity contribution in [3.05, 3.63) is 179 Å². The van der Waals surface area contributed by atoms with Gasteiger partial charge in [0.25, 0.3) is 0 Å².